The van der Waals surface area contributed by atoms with Gasteiger partial charge in [0.25, 0.3) is 0 Å². The van der Waals surface area contributed by atoms with Crippen LogP contribution in [0.3, 0.4) is 0 Å². The minimum atomic E-state index is -0.139. The second kappa shape index (κ2) is 5.48. The third-order valence-corrected chi connectivity index (χ3v) is 5.65. The van der Waals surface area contributed by atoms with Crippen molar-refractivity contribution in [3.63, 3.8) is 0 Å². The van der Waals surface area contributed by atoms with Crippen LogP contribution in [0.4, 0.5) is 0 Å². The number of ketones is 1. The Balaban J connectivity index is 1.50. The van der Waals surface area contributed by atoms with Crippen LogP contribution >= 0.6 is 0 Å². The molecule has 0 aliphatic heterocycles. The number of rotatable bonds is 2. The maximum atomic E-state index is 12.9. The maximum Gasteiger partial charge on any atom is 0.212 e. The van der Waals surface area contributed by atoms with Crippen LogP contribution in [0.1, 0.15) is 53.1 Å². The zero-order valence-corrected chi connectivity index (χ0v) is 13.4. The first-order chi connectivity index (χ1) is 11.2. The van der Waals surface area contributed by atoms with Crippen LogP contribution in [-0.4, -0.2) is 17.9 Å². The van der Waals surface area contributed by atoms with Crippen molar-refractivity contribution in [2.75, 3.05) is 7.11 Å². The van der Waals surface area contributed by atoms with Crippen LogP contribution < -0.4 is 4.74 Å². The average molecular weight is 307 g/mol. The minimum Gasteiger partial charge on any atom is -0.481 e. The summed E-state index contributed by atoms with van der Waals surface area (Å²) in [5.41, 5.74) is 3.32. The number of hydrogen-bond acceptors (Lipinski definition) is 3. The largest absolute Gasteiger partial charge is 0.481 e. The number of ether oxygens (including phenoxy) is 1. The molecule has 0 N–H and O–H groups in total. The molecule has 0 saturated heterocycles. The van der Waals surface area contributed by atoms with Crippen molar-refractivity contribution in [2.45, 2.75) is 38.0 Å². The van der Waals surface area contributed by atoms with Crippen LogP contribution in [0.2, 0.25) is 0 Å². The van der Waals surface area contributed by atoms with E-state index in [9.17, 15) is 4.79 Å². The van der Waals surface area contributed by atoms with Crippen molar-refractivity contribution in [3.05, 3.63) is 59.3 Å². The lowest BCUT2D eigenvalue weighted by molar-refractivity contribution is 0.0734. The van der Waals surface area contributed by atoms with Gasteiger partial charge in [-0.05, 0) is 49.1 Å². The number of Topliss-reactive ketones (excluding diaryl/α,β-unsaturated/α-hetero) is 1. The molecule has 1 aromatic heterocycles. The summed E-state index contributed by atoms with van der Waals surface area (Å²) in [5, 5.41) is 0. The third-order valence-electron chi connectivity index (χ3n) is 5.65. The van der Waals surface area contributed by atoms with Gasteiger partial charge in [0, 0.05) is 23.2 Å². The van der Waals surface area contributed by atoms with E-state index < -0.39 is 0 Å². The topological polar surface area (TPSA) is 39.2 Å². The van der Waals surface area contributed by atoms with Crippen LogP contribution in [0.15, 0.2) is 42.6 Å². The van der Waals surface area contributed by atoms with Crippen LogP contribution in [0, 0.1) is 5.41 Å². The SMILES string of the molecule is COc1ccc([C@H]2CC[C@]3(CC2)Cc2ccccc2C3=O)cn1. The Morgan fingerprint density at radius 2 is 1.91 bits per heavy atom. The lowest BCUT2D eigenvalue weighted by Gasteiger charge is -2.36. The van der Waals surface area contributed by atoms with E-state index in [0.29, 0.717) is 17.6 Å². The highest BCUT2D eigenvalue weighted by Crippen LogP contribution is 2.50. The first kappa shape index (κ1) is 14.4. The Labute approximate surface area is 136 Å². The Kier molecular flexibility index (Phi) is 3.44. The van der Waals surface area contributed by atoms with Gasteiger partial charge >= 0.3 is 0 Å². The number of benzene rings is 1. The van der Waals surface area contributed by atoms with E-state index in [1.807, 2.05) is 30.5 Å². The van der Waals surface area contributed by atoms with Crippen molar-refractivity contribution in [2.24, 2.45) is 5.41 Å². The van der Waals surface area contributed by atoms with Crippen LogP contribution in [-0.2, 0) is 6.42 Å². The second-order valence-corrected chi connectivity index (χ2v) is 6.85. The third kappa shape index (κ3) is 2.35. The lowest BCUT2D eigenvalue weighted by atomic mass is 9.67. The van der Waals surface area contributed by atoms with Gasteiger partial charge in [-0.25, -0.2) is 4.98 Å². The van der Waals surface area contributed by atoms with E-state index in [1.54, 1.807) is 7.11 Å². The smallest absolute Gasteiger partial charge is 0.212 e. The van der Waals surface area contributed by atoms with Gasteiger partial charge in [0.1, 0.15) is 0 Å². The molecular weight excluding hydrogens is 286 g/mol. The molecule has 23 heavy (non-hydrogen) atoms. The normalized spacial score (nSPS) is 26.3. The number of carbonyl (C=O) groups excluding carboxylic acids is 1. The first-order valence-electron chi connectivity index (χ1n) is 8.34. The fraction of sp³-hybridized carbons (Fsp3) is 0.400. The molecule has 2 aliphatic carbocycles. The second-order valence-electron chi connectivity index (χ2n) is 6.85. The van der Waals surface area contributed by atoms with Gasteiger partial charge in [0.15, 0.2) is 5.78 Å². The van der Waals surface area contributed by atoms with Gasteiger partial charge in [-0.3, -0.25) is 4.79 Å². The molecule has 118 valence electrons. The van der Waals surface area contributed by atoms with Crippen molar-refractivity contribution in [3.8, 4) is 5.88 Å². The fourth-order valence-corrected chi connectivity index (χ4v) is 4.29. The van der Waals surface area contributed by atoms with Crippen molar-refractivity contribution < 1.29 is 9.53 Å². The number of hydrogen-bond donors (Lipinski definition) is 0. The quantitative estimate of drug-likeness (QED) is 0.835. The molecule has 0 atom stereocenters. The van der Waals surface area contributed by atoms with E-state index >= 15 is 0 Å². The molecule has 3 heteroatoms. The predicted molar refractivity (Wildman–Crippen MR) is 88.9 cm³/mol. The molecule has 4 rings (SSSR count). The van der Waals surface area contributed by atoms with Crippen LogP contribution in [0.5, 0.6) is 5.88 Å². The molecular formula is C20H21NO2. The summed E-state index contributed by atoms with van der Waals surface area (Å²) in [4.78, 5) is 17.2. The first-order valence-corrected chi connectivity index (χ1v) is 8.34. The summed E-state index contributed by atoms with van der Waals surface area (Å²) < 4.78 is 5.13. The summed E-state index contributed by atoms with van der Waals surface area (Å²) in [6.07, 6.45) is 6.94. The van der Waals surface area contributed by atoms with E-state index in [-0.39, 0.29) is 5.41 Å². The average Bonchev–Trinajstić information content (AvgIpc) is 2.88. The van der Waals surface area contributed by atoms with Gasteiger partial charge in [0.2, 0.25) is 5.88 Å². The van der Waals surface area contributed by atoms with Crippen molar-refractivity contribution >= 4 is 5.78 Å². The number of aromatic nitrogens is 1. The van der Waals surface area contributed by atoms with Gasteiger partial charge in [-0.15, -0.1) is 0 Å². The number of carbonyl (C=O) groups is 1. The number of nitrogens with zero attached hydrogens (tertiary/aromatic N) is 1. The van der Waals surface area contributed by atoms with E-state index in [0.717, 1.165) is 37.7 Å². The molecule has 0 bridgehead atoms. The number of pyridine rings is 1. The summed E-state index contributed by atoms with van der Waals surface area (Å²) in [5.74, 6) is 1.54. The van der Waals surface area contributed by atoms with E-state index in [2.05, 4.69) is 17.1 Å². The molecule has 1 aromatic carbocycles. The van der Waals surface area contributed by atoms with Gasteiger partial charge in [0.05, 0.1) is 7.11 Å². The van der Waals surface area contributed by atoms with Crippen molar-refractivity contribution in [1.29, 1.82) is 0 Å². The van der Waals surface area contributed by atoms with Gasteiger partial charge < -0.3 is 4.74 Å². The molecule has 2 aromatic rings. The minimum absolute atomic E-state index is 0.139. The molecule has 1 heterocycles. The molecule has 1 spiro atoms. The fourth-order valence-electron chi connectivity index (χ4n) is 4.29. The van der Waals surface area contributed by atoms with Gasteiger partial charge in [-0.1, -0.05) is 30.3 Å². The summed E-state index contributed by atoms with van der Waals surface area (Å²) in [6, 6.07) is 12.2. The highest BCUT2D eigenvalue weighted by atomic mass is 16.5. The molecule has 0 amide bonds. The molecule has 0 unspecified atom stereocenters. The van der Waals surface area contributed by atoms with Crippen LogP contribution in [0.25, 0.3) is 0 Å². The zero-order valence-electron chi connectivity index (χ0n) is 13.4. The molecule has 1 fully saturated rings. The Morgan fingerprint density at radius 3 is 2.57 bits per heavy atom. The summed E-state index contributed by atoms with van der Waals surface area (Å²) in [6.45, 7) is 0. The van der Waals surface area contributed by atoms with E-state index in [4.69, 9.17) is 4.74 Å². The molecule has 1 saturated carbocycles. The number of fused-ring (bicyclic) bond motifs is 1. The maximum absolute atomic E-state index is 12.9. The highest BCUT2D eigenvalue weighted by Gasteiger charge is 2.47. The molecule has 0 radical (unpaired) electrons. The lowest BCUT2D eigenvalue weighted by Crippen LogP contribution is -2.32. The molecule has 2 aliphatic rings. The molecule has 3 nitrogen and oxygen atoms in total. The Hall–Kier alpha value is -2.16. The Morgan fingerprint density at radius 1 is 1.13 bits per heavy atom. The zero-order chi connectivity index (χ0) is 15.9. The summed E-state index contributed by atoms with van der Waals surface area (Å²) in [7, 11) is 1.63. The van der Waals surface area contributed by atoms with Gasteiger partial charge in [-0.2, -0.15) is 0 Å². The highest BCUT2D eigenvalue weighted by molar-refractivity contribution is 6.05. The standard InChI is InChI=1S/C20H21NO2/c1-23-18-7-6-16(13-21-18)14-8-10-20(11-9-14)12-15-4-2-3-5-17(15)19(20)22/h2-7,13-14H,8-12H2,1H3/t14-,20-. The predicted octanol–water partition coefficient (Wildman–Crippen LogP) is 4.17. The van der Waals surface area contributed by atoms with Crippen molar-refractivity contribution in [1.82, 2.24) is 4.98 Å². The number of methoxy groups -OCH3 is 1. The summed E-state index contributed by atoms with van der Waals surface area (Å²) >= 11 is 0. The van der Waals surface area contributed by atoms with E-state index in [1.165, 1.54) is 11.1 Å². The monoisotopic (exact) mass is 307 g/mol. The Bertz CT molecular complexity index is 728.